The molecule has 2 amide bonds. The summed E-state index contributed by atoms with van der Waals surface area (Å²) in [5.74, 6) is -2.27. The van der Waals surface area contributed by atoms with Gasteiger partial charge in [-0.25, -0.2) is 4.39 Å². The largest absolute Gasteiger partial charge is 0.481 e. The number of hydrogen-bond donors (Lipinski definition) is 4. The number of benzene rings is 1. The Balaban J connectivity index is 2.17. The Hall–Kier alpha value is -2.90. The molecule has 0 aliphatic carbocycles. The maximum atomic E-state index is 13.3. The van der Waals surface area contributed by atoms with Crippen molar-refractivity contribution in [2.24, 2.45) is 5.41 Å². The zero-order chi connectivity index (χ0) is 19.5. The molecule has 1 aromatic heterocycles. The van der Waals surface area contributed by atoms with Gasteiger partial charge in [-0.3, -0.25) is 14.4 Å². The lowest BCUT2D eigenvalue weighted by molar-refractivity contribution is -0.147. The number of halogens is 1. The Bertz CT molecular complexity index is 844. The second-order valence-corrected chi connectivity index (χ2v) is 6.87. The highest BCUT2D eigenvalue weighted by Crippen LogP contribution is 2.21. The van der Waals surface area contributed by atoms with Gasteiger partial charge in [-0.1, -0.05) is 0 Å². The summed E-state index contributed by atoms with van der Waals surface area (Å²) in [6.07, 6.45) is 1.85. The summed E-state index contributed by atoms with van der Waals surface area (Å²) in [7, 11) is 0. The molecule has 0 saturated carbocycles. The molecule has 0 fully saturated rings. The molecule has 26 heavy (non-hydrogen) atoms. The highest BCUT2D eigenvalue weighted by molar-refractivity contribution is 5.89. The first-order chi connectivity index (χ1) is 12.1. The van der Waals surface area contributed by atoms with Crippen molar-refractivity contribution >= 4 is 28.7 Å². The van der Waals surface area contributed by atoms with Crippen LogP contribution in [0.5, 0.6) is 0 Å². The molecule has 1 heterocycles. The Morgan fingerprint density at radius 2 is 2.00 bits per heavy atom. The fourth-order valence-corrected chi connectivity index (χ4v) is 2.51. The normalized spacial score (nSPS) is 12.6. The second kappa shape index (κ2) is 7.55. The molecule has 0 aliphatic rings. The summed E-state index contributed by atoms with van der Waals surface area (Å²) in [5, 5.41) is 15.0. The minimum Gasteiger partial charge on any atom is -0.481 e. The third-order valence-corrected chi connectivity index (χ3v) is 4.13. The molecule has 0 aliphatic heterocycles. The molecule has 1 atom stereocenters. The van der Waals surface area contributed by atoms with Crippen LogP contribution in [0.25, 0.3) is 10.9 Å². The monoisotopic (exact) mass is 363 g/mol. The number of aromatic nitrogens is 1. The number of carboxylic acids is 1. The molecule has 8 heteroatoms. The molecule has 4 N–H and O–H groups in total. The average Bonchev–Trinajstić information content (AvgIpc) is 2.93. The first-order valence-corrected chi connectivity index (χ1v) is 8.14. The van der Waals surface area contributed by atoms with Crippen molar-refractivity contribution in [3.05, 3.63) is 35.8 Å². The molecule has 1 aromatic carbocycles. The lowest BCUT2D eigenvalue weighted by Crippen LogP contribution is -2.50. The van der Waals surface area contributed by atoms with Gasteiger partial charge in [0.25, 0.3) is 0 Å². The standard InChI is InChI=1S/C18H22FN3O4/c1-10(23)22-15(16(24)21-9-18(2,3)17(25)26)6-11-8-20-14-7-12(19)4-5-13(11)14/h4-5,7-8,15,20H,6,9H2,1-3H3,(H,21,24)(H,22,23)(H,25,26). The van der Waals surface area contributed by atoms with E-state index in [2.05, 4.69) is 15.6 Å². The van der Waals surface area contributed by atoms with E-state index in [4.69, 9.17) is 5.11 Å². The number of carbonyl (C=O) groups excluding carboxylic acids is 2. The molecular formula is C18H22FN3O4. The Kier molecular flexibility index (Phi) is 5.64. The van der Waals surface area contributed by atoms with Gasteiger partial charge >= 0.3 is 5.97 Å². The lowest BCUT2D eigenvalue weighted by atomic mass is 9.93. The number of H-pyrrole nitrogens is 1. The molecule has 0 radical (unpaired) electrons. The third-order valence-electron chi connectivity index (χ3n) is 4.13. The van der Waals surface area contributed by atoms with Gasteiger partial charge in [0.1, 0.15) is 11.9 Å². The zero-order valence-corrected chi connectivity index (χ0v) is 14.9. The number of rotatable bonds is 7. The lowest BCUT2D eigenvalue weighted by Gasteiger charge is -2.22. The van der Waals surface area contributed by atoms with Crippen LogP contribution in [-0.2, 0) is 20.8 Å². The van der Waals surface area contributed by atoms with Crippen molar-refractivity contribution in [2.45, 2.75) is 33.2 Å². The highest BCUT2D eigenvalue weighted by atomic mass is 19.1. The predicted octanol–water partition coefficient (Wildman–Crippen LogP) is 1.58. The Morgan fingerprint density at radius 1 is 1.31 bits per heavy atom. The first kappa shape index (κ1) is 19.4. The van der Waals surface area contributed by atoms with Crippen molar-refractivity contribution in [3.63, 3.8) is 0 Å². The van der Waals surface area contributed by atoms with E-state index in [9.17, 15) is 18.8 Å². The summed E-state index contributed by atoms with van der Waals surface area (Å²) in [6, 6.07) is 3.40. The maximum absolute atomic E-state index is 13.3. The van der Waals surface area contributed by atoms with Gasteiger partial charge < -0.3 is 20.7 Å². The highest BCUT2D eigenvalue weighted by Gasteiger charge is 2.29. The van der Waals surface area contributed by atoms with E-state index in [1.807, 2.05) is 0 Å². The number of aliphatic carboxylic acids is 1. The molecule has 0 bridgehead atoms. The van der Waals surface area contributed by atoms with Crippen LogP contribution in [0.4, 0.5) is 4.39 Å². The molecule has 7 nitrogen and oxygen atoms in total. The molecule has 0 saturated heterocycles. The number of amides is 2. The van der Waals surface area contributed by atoms with Gasteiger partial charge in [0.05, 0.1) is 5.41 Å². The van der Waals surface area contributed by atoms with Gasteiger partial charge in [0.2, 0.25) is 11.8 Å². The Morgan fingerprint density at radius 3 is 2.62 bits per heavy atom. The number of carboxylic acid groups (broad SMARTS) is 1. The van der Waals surface area contributed by atoms with Crippen LogP contribution in [0.3, 0.4) is 0 Å². The molecule has 2 aromatic rings. The van der Waals surface area contributed by atoms with E-state index in [0.29, 0.717) is 5.52 Å². The van der Waals surface area contributed by atoms with E-state index >= 15 is 0 Å². The van der Waals surface area contributed by atoms with E-state index in [1.54, 1.807) is 12.3 Å². The van der Waals surface area contributed by atoms with Crippen molar-refractivity contribution in [2.75, 3.05) is 6.54 Å². The second-order valence-electron chi connectivity index (χ2n) is 6.87. The van der Waals surface area contributed by atoms with E-state index < -0.39 is 23.3 Å². The molecular weight excluding hydrogens is 341 g/mol. The topological polar surface area (TPSA) is 111 Å². The quantitative estimate of drug-likeness (QED) is 0.598. The molecule has 1 unspecified atom stereocenters. The number of hydrogen-bond acceptors (Lipinski definition) is 3. The minimum absolute atomic E-state index is 0.0731. The summed E-state index contributed by atoms with van der Waals surface area (Å²) in [4.78, 5) is 38.0. The van der Waals surface area contributed by atoms with Gasteiger partial charge in [0.15, 0.2) is 0 Å². The van der Waals surface area contributed by atoms with Crippen LogP contribution in [0.1, 0.15) is 26.3 Å². The fraction of sp³-hybridized carbons (Fsp3) is 0.389. The van der Waals surface area contributed by atoms with E-state index in [1.165, 1.54) is 32.9 Å². The van der Waals surface area contributed by atoms with Crippen LogP contribution in [0.2, 0.25) is 0 Å². The summed E-state index contributed by atoms with van der Waals surface area (Å²) in [6.45, 7) is 4.22. The summed E-state index contributed by atoms with van der Waals surface area (Å²) >= 11 is 0. The van der Waals surface area contributed by atoms with Gasteiger partial charge in [-0.15, -0.1) is 0 Å². The minimum atomic E-state index is -1.13. The van der Waals surface area contributed by atoms with Gasteiger partial charge in [0, 0.05) is 37.0 Å². The van der Waals surface area contributed by atoms with Crippen molar-refractivity contribution in [3.8, 4) is 0 Å². The smallest absolute Gasteiger partial charge is 0.310 e. The molecule has 0 spiro atoms. The van der Waals surface area contributed by atoms with Crippen LogP contribution in [0.15, 0.2) is 24.4 Å². The van der Waals surface area contributed by atoms with Crippen LogP contribution in [0, 0.1) is 11.2 Å². The third kappa shape index (κ3) is 4.59. The Labute approximate surface area is 150 Å². The van der Waals surface area contributed by atoms with Crippen LogP contribution >= 0.6 is 0 Å². The zero-order valence-electron chi connectivity index (χ0n) is 14.9. The van der Waals surface area contributed by atoms with Gasteiger partial charge in [-0.05, 0) is 37.6 Å². The van der Waals surface area contributed by atoms with Crippen LogP contribution in [-0.4, -0.2) is 40.5 Å². The SMILES string of the molecule is CC(=O)NC(Cc1c[nH]c2cc(F)ccc12)C(=O)NCC(C)(C)C(=O)O. The predicted molar refractivity (Wildman–Crippen MR) is 94.0 cm³/mol. The van der Waals surface area contributed by atoms with Crippen molar-refractivity contribution in [1.29, 1.82) is 0 Å². The number of aromatic amines is 1. The fourth-order valence-electron chi connectivity index (χ4n) is 2.51. The average molecular weight is 363 g/mol. The number of carbonyl (C=O) groups is 3. The van der Waals surface area contributed by atoms with Crippen molar-refractivity contribution < 1.29 is 23.9 Å². The number of fused-ring (bicyclic) bond motifs is 1. The summed E-state index contributed by atoms with van der Waals surface area (Å²) < 4.78 is 13.3. The van der Waals surface area contributed by atoms with Crippen molar-refractivity contribution in [1.82, 2.24) is 15.6 Å². The summed E-state index contributed by atoms with van der Waals surface area (Å²) in [5.41, 5.74) is 0.203. The van der Waals surface area contributed by atoms with E-state index in [0.717, 1.165) is 10.9 Å². The van der Waals surface area contributed by atoms with E-state index in [-0.39, 0.29) is 24.7 Å². The maximum Gasteiger partial charge on any atom is 0.310 e. The number of nitrogens with one attached hydrogen (secondary N) is 3. The first-order valence-electron chi connectivity index (χ1n) is 8.14. The molecule has 140 valence electrons. The van der Waals surface area contributed by atoms with Crippen LogP contribution < -0.4 is 10.6 Å². The van der Waals surface area contributed by atoms with Gasteiger partial charge in [-0.2, -0.15) is 0 Å². The molecule has 2 rings (SSSR count).